The minimum atomic E-state index is -4.41. The number of carbonyl (C=O) groups excluding carboxylic acids is 1. The lowest BCUT2D eigenvalue weighted by Crippen LogP contribution is -2.32. The third-order valence-corrected chi connectivity index (χ3v) is 3.95. The van der Waals surface area contributed by atoms with Gasteiger partial charge in [0.05, 0.1) is 5.56 Å². The van der Waals surface area contributed by atoms with Crippen LogP contribution in [0.4, 0.5) is 23.7 Å². The smallest absolute Gasteiger partial charge is 0.416 e. The molecule has 0 saturated carbocycles. The SMILES string of the molecule is Cc1cc(OCNC(=O)Nc2ccc(C(F)(F)F)cc2)cc(C)c1Cl. The van der Waals surface area contributed by atoms with Crippen LogP contribution < -0.4 is 15.4 Å². The lowest BCUT2D eigenvalue weighted by Gasteiger charge is -2.12. The number of anilines is 1. The van der Waals surface area contributed by atoms with E-state index in [1.54, 1.807) is 12.1 Å². The number of benzene rings is 2. The van der Waals surface area contributed by atoms with Crippen molar-refractivity contribution in [1.82, 2.24) is 5.32 Å². The van der Waals surface area contributed by atoms with Gasteiger partial charge in [-0.3, -0.25) is 0 Å². The van der Waals surface area contributed by atoms with Crippen LogP contribution in [0.2, 0.25) is 5.02 Å². The van der Waals surface area contributed by atoms with Crippen LogP contribution in [-0.4, -0.2) is 12.8 Å². The summed E-state index contributed by atoms with van der Waals surface area (Å²) in [4.78, 5) is 11.7. The minimum absolute atomic E-state index is 0.104. The maximum atomic E-state index is 12.5. The van der Waals surface area contributed by atoms with Crippen molar-refractivity contribution in [2.75, 3.05) is 12.0 Å². The molecule has 0 radical (unpaired) electrons. The van der Waals surface area contributed by atoms with Crippen molar-refractivity contribution in [2.45, 2.75) is 20.0 Å². The topological polar surface area (TPSA) is 50.4 Å². The number of hydrogen-bond acceptors (Lipinski definition) is 2. The average molecular weight is 373 g/mol. The van der Waals surface area contributed by atoms with Crippen LogP contribution in [0.5, 0.6) is 5.75 Å². The second-order valence-electron chi connectivity index (χ2n) is 5.37. The predicted octanol–water partition coefficient (Wildman–Crippen LogP) is 5.13. The van der Waals surface area contributed by atoms with E-state index >= 15 is 0 Å². The van der Waals surface area contributed by atoms with Gasteiger partial charge in [0.15, 0.2) is 6.73 Å². The van der Waals surface area contributed by atoms with Crippen molar-refractivity contribution >= 4 is 23.3 Å². The molecule has 4 nitrogen and oxygen atoms in total. The number of amides is 2. The highest BCUT2D eigenvalue weighted by Gasteiger charge is 2.29. The minimum Gasteiger partial charge on any atom is -0.473 e. The Morgan fingerprint density at radius 2 is 1.68 bits per heavy atom. The molecule has 2 aromatic rings. The molecular weight excluding hydrogens is 357 g/mol. The quantitative estimate of drug-likeness (QED) is 0.731. The molecule has 2 rings (SSSR count). The van der Waals surface area contributed by atoms with E-state index in [0.29, 0.717) is 10.8 Å². The van der Waals surface area contributed by atoms with Crippen LogP contribution in [0.3, 0.4) is 0 Å². The molecule has 2 aromatic carbocycles. The van der Waals surface area contributed by atoms with E-state index in [4.69, 9.17) is 16.3 Å². The largest absolute Gasteiger partial charge is 0.473 e. The zero-order valence-corrected chi connectivity index (χ0v) is 14.3. The van der Waals surface area contributed by atoms with Gasteiger partial charge in [-0.05, 0) is 61.4 Å². The number of aryl methyl sites for hydroxylation is 2. The van der Waals surface area contributed by atoms with E-state index in [-0.39, 0.29) is 12.4 Å². The van der Waals surface area contributed by atoms with Gasteiger partial charge < -0.3 is 15.4 Å². The Bertz CT molecular complexity index is 738. The number of hydrogen-bond donors (Lipinski definition) is 2. The second kappa shape index (κ2) is 7.65. The van der Waals surface area contributed by atoms with Crippen molar-refractivity contribution in [2.24, 2.45) is 0 Å². The summed E-state index contributed by atoms with van der Waals surface area (Å²) in [5.74, 6) is 0.550. The molecule has 0 aromatic heterocycles. The number of alkyl halides is 3. The lowest BCUT2D eigenvalue weighted by molar-refractivity contribution is -0.137. The number of ether oxygens (including phenoxy) is 1. The first-order valence-electron chi connectivity index (χ1n) is 7.28. The second-order valence-corrected chi connectivity index (χ2v) is 5.74. The number of carbonyl (C=O) groups is 1. The molecule has 8 heteroatoms. The van der Waals surface area contributed by atoms with Crippen molar-refractivity contribution in [3.63, 3.8) is 0 Å². The Labute approximate surface area is 147 Å². The van der Waals surface area contributed by atoms with E-state index in [1.807, 2.05) is 13.8 Å². The molecule has 0 unspecified atom stereocenters. The van der Waals surface area contributed by atoms with Gasteiger partial charge in [0.1, 0.15) is 5.75 Å². The Balaban J connectivity index is 1.85. The van der Waals surface area contributed by atoms with Gasteiger partial charge >= 0.3 is 12.2 Å². The molecule has 0 heterocycles. The fourth-order valence-corrected chi connectivity index (χ4v) is 2.20. The van der Waals surface area contributed by atoms with E-state index in [1.165, 1.54) is 12.1 Å². The zero-order chi connectivity index (χ0) is 18.6. The fraction of sp³-hybridized carbons (Fsp3) is 0.235. The van der Waals surface area contributed by atoms with E-state index in [9.17, 15) is 18.0 Å². The molecule has 0 saturated heterocycles. The standard InChI is InChI=1S/C17H16ClF3N2O2/c1-10-7-14(8-11(2)15(10)18)25-9-22-16(24)23-13-5-3-12(4-6-13)17(19,20)21/h3-8H,9H2,1-2H3,(H2,22,23,24). The van der Waals surface area contributed by atoms with Crippen molar-refractivity contribution in [3.05, 3.63) is 58.1 Å². The van der Waals surface area contributed by atoms with Crippen LogP contribution in [0, 0.1) is 13.8 Å². The lowest BCUT2D eigenvalue weighted by atomic mass is 10.1. The summed E-state index contributed by atoms with van der Waals surface area (Å²) in [5.41, 5.74) is 1.16. The molecule has 2 amide bonds. The highest BCUT2D eigenvalue weighted by atomic mass is 35.5. The molecular formula is C17H16ClF3N2O2. The Morgan fingerprint density at radius 1 is 1.12 bits per heavy atom. The maximum absolute atomic E-state index is 12.5. The van der Waals surface area contributed by atoms with Crippen LogP contribution in [0.15, 0.2) is 36.4 Å². The summed E-state index contributed by atoms with van der Waals surface area (Å²) < 4.78 is 42.8. The van der Waals surface area contributed by atoms with Gasteiger partial charge in [0.25, 0.3) is 0 Å². The summed E-state index contributed by atoms with van der Waals surface area (Å²) in [6.07, 6.45) is -4.41. The summed E-state index contributed by atoms with van der Waals surface area (Å²) >= 11 is 6.06. The first kappa shape index (κ1) is 18.9. The first-order valence-corrected chi connectivity index (χ1v) is 7.66. The Hall–Kier alpha value is -2.41. The number of rotatable bonds is 4. The molecule has 25 heavy (non-hydrogen) atoms. The van der Waals surface area contributed by atoms with E-state index < -0.39 is 17.8 Å². The molecule has 0 spiro atoms. The number of nitrogens with one attached hydrogen (secondary N) is 2. The molecule has 0 aliphatic heterocycles. The van der Waals surface area contributed by atoms with Crippen molar-refractivity contribution in [3.8, 4) is 5.75 Å². The molecule has 134 valence electrons. The summed E-state index contributed by atoms with van der Waals surface area (Å²) in [6, 6.07) is 7.03. The average Bonchev–Trinajstić information content (AvgIpc) is 2.52. The van der Waals surface area contributed by atoms with Crippen molar-refractivity contribution in [1.29, 1.82) is 0 Å². The zero-order valence-electron chi connectivity index (χ0n) is 13.5. The van der Waals surface area contributed by atoms with Gasteiger partial charge in [-0.1, -0.05) is 11.6 Å². The predicted molar refractivity (Wildman–Crippen MR) is 90.0 cm³/mol. The van der Waals surface area contributed by atoms with E-state index in [2.05, 4.69) is 10.6 Å². The Morgan fingerprint density at radius 3 is 2.20 bits per heavy atom. The third kappa shape index (κ3) is 5.29. The fourth-order valence-electron chi connectivity index (χ4n) is 2.09. The van der Waals surface area contributed by atoms with Gasteiger partial charge in [0, 0.05) is 10.7 Å². The summed E-state index contributed by atoms with van der Waals surface area (Å²) in [7, 11) is 0. The molecule has 0 fully saturated rings. The van der Waals surface area contributed by atoms with Gasteiger partial charge in [-0.25, -0.2) is 4.79 Å². The van der Waals surface area contributed by atoms with Crippen LogP contribution in [0.25, 0.3) is 0 Å². The van der Waals surface area contributed by atoms with Crippen LogP contribution >= 0.6 is 11.6 Å². The monoisotopic (exact) mass is 372 g/mol. The number of urea groups is 1. The Kier molecular flexibility index (Phi) is 5.79. The molecule has 0 aliphatic carbocycles. The summed E-state index contributed by atoms with van der Waals surface area (Å²) in [5, 5.41) is 5.52. The van der Waals surface area contributed by atoms with E-state index in [0.717, 1.165) is 23.3 Å². The molecule has 0 aliphatic rings. The normalized spacial score (nSPS) is 11.1. The van der Waals surface area contributed by atoms with Gasteiger partial charge in [0.2, 0.25) is 0 Å². The third-order valence-electron chi connectivity index (χ3n) is 3.35. The number of halogens is 4. The maximum Gasteiger partial charge on any atom is 0.416 e. The van der Waals surface area contributed by atoms with Crippen LogP contribution in [0.1, 0.15) is 16.7 Å². The molecule has 0 atom stereocenters. The van der Waals surface area contributed by atoms with Gasteiger partial charge in [-0.2, -0.15) is 13.2 Å². The van der Waals surface area contributed by atoms with Gasteiger partial charge in [-0.15, -0.1) is 0 Å². The highest BCUT2D eigenvalue weighted by molar-refractivity contribution is 6.32. The highest BCUT2D eigenvalue weighted by Crippen LogP contribution is 2.29. The van der Waals surface area contributed by atoms with Crippen LogP contribution in [-0.2, 0) is 6.18 Å². The van der Waals surface area contributed by atoms with Crippen molar-refractivity contribution < 1.29 is 22.7 Å². The first-order chi connectivity index (χ1) is 11.7. The molecule has 0 bridgehead atoms. The molecule has 2 N–H and O–H groups in total. The summed E-state index contributed by atoms with van der Waals surface area (Å²) in [6.45, 7) is 3.58.